The van der Waals surface area contributed by atoms with Gasteiger partial charge in [-0.1, -0.05) is 16.8 Å². The largest absolute Gasteiger partial charge is 0.484 e. The molecule has 2 heterocycles. The Morgan fingerprint density at radius 3 is 2.78 bits per heavy atom. The molecule has 0 aliphatic carbocycles. The summed E-state index contributed by atoms with van der Waals surface area (Å²) in [5, 5.41) is 23.7. The first-order valence-corrected chi connectivity index (χ1v) is 9.64. The van der Waals surface area contributed by atoms with Gasteiger partial charge in [-0.2, -0.15) is 9.67 Å². The lowest BCUT2D eigenvalue weighted by Gasteiger charge is -2.08. The molecule has 3 rings (SSSR count). The number of aromatic nitrogens is 4. The molecule has 0 saturated carbocycles. The van der Waals surface area contributed by atoms with Crippen LogP contribution in [-0.4, -0.2) is 56.4 Å². The summed E-state index contributed by atoms with van der Waals surface area (Å²) in [5.41, 5.74) is 0.836. The highest BCUT2D eigenvalue weighted by atomic mass is 35.5. The minimum atomic E-state index is -0.630. The number of benzene rings is 1. The molecule has 0 aliphatic heterocycles. The molecule has 168 valence electrons. The number of nitrogens with zero attached hydrogens (tertiary/aromatic N) is 5. The molecule has 1 aromatic carbocycles. The molecule has 2 N–H and O–H groups in total. The van der Waals surface area contributed by atoms with Crippen LogP contribution in [0.25, 0.3) is 0 Å². The molecule has 2 amide bonds. The fraction of sp³-hybridized carbons (Fsp3) is 0.278. The molecule has 0 radical (unpaired) electrons. The van der Waals surface area contributed by atoms with Crippen LogP contribution in [0.15, 0.2) is 35.0 Å². The maximum Gasteiger partial charge on any atom is 0.389 e. The lowest BCUT2D eigenvalue weighted by atomic mass is 10.2. The summed E-state index contributed by atoms with van der Waals surface area (Å²) < 4.78 is 11.5. The molecule has 0 atom stereocenters. The molecule has 32 heavy (non-hydrogen) atoms. The molecule has 2 aromatic heterocycles. The average Bonchev–Trinajstić information content (AvgIpc) is 3.42. The van der Waals surface area contributed by atoms with Gasteiger partial charge < -0.3 is 30.0 Å². The minimum Gasteiger partial charge on any atom is -0.484 e. The molecule has 3 aromatic rings. The summed E-state index contributed by atoms with van der Waals surface area (Å²) in [7, 11) is 0. The Morgan fingerprint density at radius 1 is 1.28 bits per heavy atom. The first-order valence-electron chi connectivity index (χ1n) is 9.26. The van der Waals surface area contributed by atoms with Crippen molar-refractivity contribution >= 4 is 29.2 Å². The molecular weight excluding hydrogens is 446 g/mol. The van der Waals surface area contributed by atoms with Gasteiger partial charge in [-0.3, -0.25) is 9.59 Å². The Morgan fingerprint density at radius 2 is 2.06 bits per heavy atom. The third kappa shape index (κ3) is 6.25. The number of carbonyl (C=O) groups excluding carboxylic acids is 2. The van der Waals surface area contributed by atoms with Crippen LogP contribution in [0.3, 0.4) is 0 Å². The van der Waals surface area contributed by atoms with Gasteiger partial charge in [0.05, 0.1) is 17.4 Å². The highest BCUT2D eigenvalue weighted by Gasteiger charge is 2.17. The van der Waals surface area contributed by atoms with Crippen molar-refractivity contribution in [3.63, 3.8) is 0 Å². The van der Waals surface area contributed by atoms with Crippen molar-refractivity contribution in [2.45, 2.75) is 13.5 Å². The number of nitro groups is 1. The predicted octanol–water partition coefficient (Wildman–Crippen LogP) is 1.11. The molecule has 0 aliphatic rings. The Labute approximate surface area is 185 Å². The number of hydrogen-bond donors (Lipinski definition) is 2. The first kappa shape index (κ1) is 22.7. The fourth-order valence-corrected chi connectivity index (χ4v) is 2.57. The van der Waals surface area contributed by atoms with Gasteiger partial charge in [-0.05, 0) is 35.6 Å². The van der Waals surface area contributed by atoms with Gasteiger partial charge in [-0.25, -0.2) is 0 Å². The normalized spacial score (nSPS) is 10.6. The maximum absolute atomic E-state index is 12.1. The van der Waals surface area contributed by atoms with Crippen molar-refractivity contribution in [3.8, 4) is 5.75 Å². The van der Waals surface area contributed by atoms with E-state index in [1.54, 1.807) is 18.2 Å². The van der Waals surface area contributed by atoms with Crippen LogP contribution in [-0.2, 0) is 11.3 Å². The first-order chi connectivity index (χ1) is 15.3. The second-order valence-electron chi connectivity index (χ2n) is 6.45. The topological polar surface area (TPSA) is 167 Å². The lowest BCUT2D eigenvalue weighted by Crippen LogP contribution is -2.36. The zero-order valence-electron chi connectivity index (χ0n) is 16.8. The summed E-state index contributed by atoms with van der Waals surface area (Å²) in [6.07, 6.45) is 1.38. The molecule has 13 nitrogen and oxygen atoms in total. The van der Waals surface area contributed by atoms with Gasteiger partial charge >= 0.3 is 17.6 Å². The molecule has 0 bridgehead atoms. The Balaban J connectivity index is 1.37. The van der Waals surface area contributed by atoms with Crippen molar-refractivity contribution in [1.82, 2.24) is 30.6 Å². The van der Waals surface area contributed by atoms with Crippen molar-refractivity contribution in [3.05, 3.63) is 62.9 Å². The van der Waals surface area contributed by atoms with Crippen LogP contribution in [0.5, 0.6) is 5.75 Å². The van der Waals surface area contributed by atoms with Gasteiger partial charge in [0.1, 0.15) is 12.3 Å². The van der Waals surface area contributed by atoms with Gasteiger partial charge in [0.15, 0.2) is 12.4 Å². The van der Waals surface area contributed by atoms with Crippen LogP contribution in [0, 0.1) is 17.0 Å². The zero-order chi connectivity index (χ0) is 23.1. The van der Waals surface area contributed by atoms with Crippen LogP contribution < -0.4 is 15.4 Å². The van der Waals surface area contributed by atoms with Crippen LogP contribution in [0.1, 0.15) is 22.1 Å². The molecular formula is C18H18ClN7O6. The van der Waals surface area contributed by atoms with Crippen molar-refractivity contribution in [2.24, 2.45) is 0 Å². The second-order valence-corrected chi connectivity index (χ2v) is 6.86. The molecule has 0 saturated heterocycles. The van der Waals surface area contributed by atoms with E-state index >= 15 is 0 Å². The number of aryl methyl sites for hydroxylation is 1. The summed E-state index contributed by atoms with van der Waals surface area (Å²) in [4.78, 5) is 37.8. The quantitative estimate of drug-likeness (QED) is 0.254. The van der Waals surface area contributed by atoms with Crippen LogP contribution in [0.2, 0.25) is 5.02 Å². The standard InChI is InChI=1S/C18H18ClN7O6/c1-11-8-12(2-3-13(11)19)31-10-16(27)20-5-6-21-17(28)18-22-14(24-32-18)9-25-7-4-15(23-25)26(29)30/h2-4,7-8H,5-6,9-10H2,1H3,(H,20,27)(H,21,28). The SMILES string of the molecule is Cc1cc(OCC(=O)NCCNC(=O)c2nc(Cn3ccc([N+](=O)[O-])n3)no2)ccc1Cl. The molecule has 0 unspecified atom stereocenters. The Bertz CT molecular complexity index is 1130. The summed E-state index contributed by atoms with van der Waals surface area (Å²) in [5.74, 6) is -0.947. The monoisotopic (exact) mass is 463 g/mol. The van der Waals surface area contributed by atoms with Crippen molar-refractivity contribution in [1.29, 1.82) is 0 Å². The highest BCUT2D eigenvalue weighted by molar-refractivity contribution is 6.31. The van der Waals surface area contributed by atoms with E-state index in [-0.39, 0.29) is 49.7 Å². The Kier molecular flexibility index (Phi) is 7.33. The van der Waals surface area contributed by atoms with E-state index in [0.29, 0.717) is 10.8 Å². The number of nitrogens with one attached hydrogen (secondary N) is 2. The van der Waals surface area contributed by atoms with E-state index in [2.05, 4.69) is 25.9 Å². The van der Waals surface area contributed by atoms with Gasteiger partial charge in [0, 0.05) is 18.1 Å². The summed E-state index contributed by atoms with van der Waals surface area (Å²) in [6, 6.07) is 6.29. The molecule has 14 heteroatoms. The van der Waals surface area contributed by atoms with Gasteiger partial charge in [0.2, 0.25) is 0 Å². The van der Waals surface area contributed by atoms with Crippen LogP contribution in [0.4, 0.5) is 5.82 Å². The maximum atomic E-state index is 12.1. The summed E-state index contributed by atoms with van der Waals surface area (Å²) in [6.45, 7) is 1.91. The molecule has 0 spiro atoms. The third-order valence-corrected chi connectivity index (χ3v) is 4.44. The smallest absolute Gasteiger partial charge is 0.389 e. The van der Waals surface area contributed by atoms with E-state index in [9.17, 15) is 19.7 Å². The highest BCUT2D eigenvalue weighted by Crippen LogP contribution is 2.20. The van der Waals surface area contributed by atoms with E-state index in [1.165, 1.54) is 16.9 Å². The van der Waals surface area contributed by atoms with E-state index in [4.69, 9.17) is 20.9 Å². The van der Waals surface area contributed by atoms with E-state index in [0.717, 1.165) is 5.56 Å². The summed E-state index contributed by atoms with van der Waals surface area (Å²) >= 11 is 5.94. The number of amides is 2. The number of halogens is 1. The minimum absolute atomic E-state index is 0.00613. The van der Waals surface area contributed by atoms with Crippen molar-refractivity contribution < 1.29 is 23.8 Å². The number of carbonyl (C=O) groups is 2. The molecule has 0 fully saturated rings. The number of rotatable bonds is 10. The lowest BCUT2D eigenvalue weighted by molar-refractivity contribution is -0.389. The Hall–Kier alpha value is -4.00. The number of hydrogen-bond acceptors (Lipinski definition) is 9. The number of ether oxygens (including phenoxy) is 1. The average molecular weight is 464 g/mol. The van der Waals surface area contributed by atoms with Crippen molar-refractivity contribution in [2.75, 3.05) is 19.7 Å². The van der Waals surface area contributed by atoms with E-state index in [1.807, 2.05) is 6.92 Å². The third-order valence-electron chi connectivity index (χ3n) is 4.01. The predicted molar refractivity (Wildman–Crippen MR) is 109 cm³/mol. The van der Waals surface area contributed by atoms with Gasteiger partial charge in [-0.15, -0.1) is 0 Å². The van der Waals surface area contributed by atoms with Gasteiger partial charge in [0.25, 0.3) is 5.91 Å². The van der Waals surface area contributed by atoms with E-state index < -0.39 is 10.8 Å². The zero-order valence-corrected chi connectivity index (χ0v) is 17.5. The fourth-order valence-electron chi connectivity index (χ4n) is 2.45. The second kappa shape index (κ2) is 10.3. The van der Waals surface area contributed by atoms with Crippen LogP contribution >= 0.6 is 11.6 Å².